The van der Waals surface area contributed by atoms with E-state index < -0.39 is 0 Å². The van der Waals surface area contributed by atoms with Gasteiger partial charge in [0.1, 0.15) is 0 Å². The summed E-state index contributed by atoms with van der Waals surface area (Å²) in [7, 11) is 1.89. The molecule has 2 saturated heterocycles. The fourth-order valence-electron chi connectivity index (χ4n) is 4.11. The first-order chi connectivity index (χ1) is 13.5. The normalized spacial score (nSPS) is 23.0. The van der Waals surface area contributed by atoms with Gasteiger partial charge in [-0.1, -0.05) is 37.1 Å². The average molecular weight is 407 g/mol. The standard InChI is InChI=1S/C21H31ClN4O2/c1-3-4-11-25(2)20(27)16-9-12-26(13-10-16)21(28)18-14-23-24-19(18)15-5-7-17(22)8-6-15/h5-8,16,18-19,23-24H,3-4,9-14H2,1-2H3. The SMILES string of the molecule is CCCCN(C)C(=O)C1CCN(C(=O)C2CNNC2c2ccc(Cl)cc2)CC1. The van der Waals surface area contributed by atoms with Gasteiger partial charge in [-0.3, -0.25) is 15.0 Å². The highest BCUT2D eigenvalue weighted by Crippen LogP contribution is 2.29. The first-order valence-corrected chi connectivity index (χ1v) is 10.7. The molecule has 2 heterocycles. The van der Waals surface area contributed by atoms with Gasteiger partial charge in [-0.15, -0.1) is 0 Å². The lowest BCUT2D eigenvalue weighted by Gasteiger charge is -2.35. The molecule has 0 aromatic heterocycles. The maximum absolute atomic E-state index is 13.1. The van der Waals surface area contributed by atoms with Gasteiger partial charge >= 0.3 is 0 Å². The molecule has 0 saturated carbocycles. The van der Waals surface area contributed by atoms with Crippen LogP contribution in [-0.2, 0) is 9.59 Å². The van der Waals surface area contributed by atoms with E-state index in [-0.39, 0.29) is 29.7 Å². The van der Waals surface area contributed by atoms with Gasteiger partial charge in [0.25, 0.3) is 0 Å². The van der Waals surface area contributed by atoms with Gasteiger partial charge in [0.2, 0.25) is 11.8 Å². The number of unbranched alkanes of at least 4 members (excludes halogenated alkanes) is 1. The van der Waals surface area contributed by atoms with Crippen LogP contribution in [0.2, 0.25) is 5.02 Å². The van der Waals surface area contributed by atoms with Crippen molar-refractivity contribution in [2.45, 2.75) is 38.6 Å². The zero-order valence-electron chi connectivity index (χ0n) is 16.8. The summed E-state index contributed by atoms with van der Waals surface area (Å²) in [5.41, 5.74) is 7.40. The molecule has 28 heavy (non-hydrogen) atoms. The second-order valence-electron chi connectivity index (χ2n) is 7.87. The van der Waals surface area contributed by atoms with Crippen molar-refractivity contribution in [1.29, 1.82) is 0 Å². The maximum atomic E-state index is 13.1. The van der Waals surface area contributed by atoms with Crippen LogP contribution >= 0.6 is 11.6 Å². The molecule has 3 rings (SSSR count). The number of hydrogen-bond donors (Lipinski definition) is 2. The van der Waals surface area contributed by atoms with Crippen LogP contribution in [0.1, 0.15) is 44.2 Å². The Labute approximate surface area is 172 Å². The highest BCUT2D eigenvalue weighted by atomic mass is 35.5. The molecule has 0 aliphatic carbocycles. The molecule has 6 nitrogen and oxygen atoms in total. The van der Waals surface area contributed by atoms with Crippen molar-refractivity contribution in [1.82, 2.24) is 20.7 Å². The Morgan fingerprint density at radius 1 is 1.21 bits per heavy atom. The monoisotopic (exact) mass is 406 g/mol. The first kappa shape index (κ1) is 21.1. The highest BCUT2D eigenvalue weighted by Gasteiger charge is 2.38. The molecular formula is C21H31ClN4O2. The number of amides is 2. The van der Waals surface area contributed by atoms with Crippen LogP contribution in [0, 0.1) is 11.8 Å². The van der Waals surface area contributed by atoms with Gasteiger partial charge < -0.3 is 9.80 Å². The van der Waals surface area contributed by atoms with E-state index in [0.717, 1.165) is 37.8 Å². The molecule has 2 N–H and O–H groups in total. The van der Waals surface area contributed by atoms with E-state index in [9.17, 15) is 9.59 Å². The summed E-state index contributed by atoms with van der Waals surface area (Å²) in [6.45, 7) is 4.86. The van der Waals surface area contributed by atoms with Crippen LogP contribution < -0.4 is 10.9 Å². The second-order valence-corrected chi connectivity index (χ2v) is 8.31. The summed E-state index contributed by atoms with van der Waals surface area (Å²) < 4.78 is 0. The number of hydrogen-bond acceptors (Lipinski definition) is 4. The Morgan fingerprint density at radius 3 is 2.54 bits per heavy atom. The Hall–Kier alpha value is -1.63. The fourth-order valence-corrected chi connectivity index (χ4v) is 4.24. The number of halogens is 1. The third-order valence-corrected chi connectivity index (χ3v) is 6.16. The molecule has 2 fully saturated rings. The third-order valence-electron chi connectivity index (χ3n) is 5.91. The molecule has 1 aromatic rings. The number of piperidine rings is 1. The number of benzene rings is 1. The van der Waals surface area contributed by atoms with Crippen molar-refractivity contribution < 1.29 is 9.59 Å². The first-order valence-electron chi connectivity index (χ1n) is 10.3. The van der Waals surface area contributed by atoms with Crippen LogP contribution in [0.25, 0.3) is 0 Å². The maximum Gasteiger partial charge on any atom is 0.229 e. The van der Waals surface area contributed by atoms with E-state index in [1.165, 1.54) is 0 Å². The predicted molar refractivity (Wildman–Crippen MR) is 111 cm³/mol. The summed E-state index contributed by atoms with van der Waals surface area (Å²) in [6, 6.07) is 7.56. The van der Waals surface area contributed by atoms with Gasteiger partial charge in [-0.05, 0) is 37.0 Å². The third kappa shape index (κ3) is 4.85. The van der Waals surface area contributed by atoms with Crippen LogP contribution in [-0.4, -0.2) is 54.8 Å². The topological polar surface area (TPSA) is 64.7 Å². The number of hydrazine groups is 1. The predicted octanol–water partition coefficient (Wildman–Crippen LogP) is 2.60. The minimum absolute atomic E-state index is 0.0396. The molecule has 1 aromatic carbocycles. The van der Waals surface area contributed by atoms with Crippen molar-refractivity contribution in [3.8, 4) is 0 Å². The van der Waals surface area contributed by atoms with Gasteiger partial charge in [-0.25, -0.2) is 5.43 Å². The molecule has 2 aliphatic rings. The van der Waals surface area contributed by atoms with Crippen molar-refractivity contribution in [2.75, 3.05) is 33.2 Å². The molecule has 2 atom stereocenters. The van der Waals surface area contributed by atoms with E-state index in [0.29, 0.717) is 24.7 Å². The smallest absolute Gasteiger partial charge is 0.229 e. The number of nitrogens with one attached hydrogen (secondary N) is 2. The quantitative estimate of drug-likeness (QED) is 0.762. The van der Waals surface area contributed by atoms with E-state index in [2.05, 4.69) is 17.8 Å². The zero-order chi connectivity index (χ0) is 20.1. The van der Waals surface area contributed by atoms with Gasteiger partial charge in [0.15, 0.2) is 0 Å². The minimum Gasteiger partial charge on any atom is -0.346 e. The summed E-state index contributed by atoms with van der Waals surface area (Å²) >= 11 is 5.99. The van der Waals surface area contributed by atoms with E-state index in [1.54, 1.807) is 0 Å². The number of rotatable bonds is 6. The Bertz CT molecular complexity index is 673. The second kappa shape index (κ2) is 9.72. The van der Waals surface area contributed by atoms with E-state index in [1.807, 2.05) is 41.1 Å². The lowest BCUT2D eigenvalue weighted by molar-refractivity contribution is -0.142. The molecule has 0 spiro atoms. The van der Waals surface area contributed by atoms with Crippen molar-refractivity contribution in [3.63, 3.8) is 0 Å². The Kier molecular flexibility index (Phi) is 7.32. The summed E-state index contributed by atoms with van der Waals surface area (Å²) in [4.78, 5) is 29.5. The van der Waals surface area contributed by atoms with Gasteiger partial charge in [0, 0.05) is 44.2 Å². The molecule has 0 radical (unpaired) electrons. The van der Waals surface area contributed by atoms with Gasteiger partial charge in [-0.2, -0.15) is 0 Å². The average Bonchev–Trinajstić information content (AvgIpc) is 3.21. The summed E-state index contributed by atoms with van der Waals surface area (Å²) in [6.07, 6.45) is 3.62. The fraction of sp³-hybridized carbons (Fsp3) is 0.619. The molecule has 7 heteroatoms. The Balaban J connectivity index is 1.56. The van der Waals surface area contributed by atoms with E-state index in [4.69, 9.17) is 11.6 Å². The van der Waals surface area contributed by atoms with Crippen molar-refractivity contribution >= 4 is 23.4 Å². The molecular weight excluding hydrogens is 376 g/mol. The molecule has 154 valence electrons. The van der Waals surface area contributed by atoms with Crippen molar-refractivity contribution in [2.24, 2.45) is 11.8 Å². The molecule has 0 bridgehead atoms. The van der Waals surface area contributed by atoms with Crippen LogP contribution in [0.4, 0.5) is 0 Å². The number of carbonyl (C=O) groups is 2. The Morgan fingerprint density at radius 2 is 1.89 bits per heavy atom. The largest absolute Gasteiger partial charge is 0.346 e. The van der Waals surface area contributed by atoms with Crippen LogP contribution in [0.3, 0.4) is 0 Å². The highest BCUT2D eigenvalue weighted by molar-refractivity contribution is 6.30. The number of carbonyl (C=O) groups excluding carboxylic acids is 2. The number of likely N-dealkylation sites (tertiary alicyclic amines) is 1. The molecule has 2 amide bonds. The van der Waals surface area contributed by atoms with Crippen LogP contribution in [0.5, 0.6) is 0 Å². The summed E-state index contributed by atoms with van der Waals surface area (Å²) in [5.74, 6) is 0.268. The zero-order valence-corrected chi connectivity index (χ0v) is 17.5. The minimum atomic E-state index is -0.152. The lowest BCUT2D eigenvalue weighted by Crippen LogP contribution is -2.46. The van der Waals surface area contributed by atoms with E-state index >= 15 is 0 Å². The lowest BCUT2D eigenvalue weighted by atomic mass is 9.91. The van der Waals surface area contributed by atoms with Crippen molar-refractivity contribution in [3.05, 3.63) is 34.9 Å². The summed E-state index contributed by atoms with van der Waals surface area (Å²) in [5, 5.41) is 0.688. The molecule has 2 unspecified atom stereocenters. The molecule has 2 aliphatic heterocycles. The van der Waals surface area contributed by atoms with Gasteiger partial charge in [0.05, 0.1) is 12.0 Å². The number of nitrogens with zero attached hydrogens (tertiary/aromatic N) is 2. The van der Waals surface area contributed by atoms with Crippen LogP contribution in [0.15, 0.2) is 24.3 Å².